The first kappa shape index (κ1) is 13.4. The largest absolute Gasteiger partial charge is 0.871 e. The predicted molar refractivity (Wildman–Crippen MR) is 52.5 cm³/mol. The fraction of sp³-hybridized carbons (Fsp3) is 0.333. The molecule has 0 fully saturated rings. The van der Waals surface area contributed by atoms with Crippen molar-refractivity contribution >= 4 is 23.2 Å². The Morgan fingerprint density at radius 1 is 1.25 bits per heavy atom. The molecule has 0 aliphatic carbocycles. The molecule has 16 heavy (non-hydrogen) atoms. The van der Waals surface area contributed by atoms with Gasteiger partial charge in [0.2, 0.25) is 0 Å². The maximum atomic E-state index is 11.9. The number of halogens is 5. The van der Waals surface area contributed by atoms with Gasteiger partial charge in [0.15, 0.2) is 6.54 Å². The standard InChI is InChI=1S/C9H8Cl2F3NO/c10-6-1-5(8(16)7(11)2-6)3-15-4-9(12,13)14/h1-2,15-16H,3-4H2. The third-order valence-electron chi connectivity index (χ3n) is 1.83. The number of benzene rings is 1. The normalized spacial score (nSPS) is 11.8. The number of alkyl halides is 3. The van der Waals surface area contributed by atoms with Crippen LogP contribution in [0.3, 0.4) is 0 Å². The van der Waals surface area contributed by atoms with E-state index in [1.165, 1.54) is 12.1 Å². The van der Waals surface area contributed by atoms with Crippen molar-refractivity contribution in [2.24, 2.45) is 0 Å². The van der Waals surface area contributed by atoms with Crippen LogP contribution in [0.15, 0.2) is 12.1 Å². The molecule has 7 heteroatoms. The van der Waals surface area contributed by atoms with Crippen LogP contribution < -0.4 is 10.4 Å². The molecule has 0 heterocycles. The Morgan fingerprint density at radius 2 is 1.88 bits per heavy atom. The summed E-state index contributed by atoms with van der Waals surface area (Å²) in [5.74, 6) is -0.482. The molecule has 1 aromatic carbocycles. The Kier molecular flexibility index (Phi) is 4.29. The number of nitrogens with two attached hydrogens (primary N) is 1. The molecule has 0 radical (unpaired) electrons. The monoisotopic (exact) mass is 273 g/mol. The SMILES string of the molecule is [O-]c1c(Cl)cc(Cl)cc1C[NH2+]CC(F)(F)F. The summed E-state index contributed by atoms with van der Waals surface area (Å²) in [7, 11) is 0. The molecule has 2 N–H and O–H groups in total. The zero-order valence-electron chi connectivity index (χ0n) is 7.94. The molecule has 1 aromatic rings. The number of hydrogen-bond acceptors (Lipinski definition) is 1. The summed E-state index contributed by atoms with van der Waals surface area (Å²) in [6.45, 7) is -1.14. The minimum absolute atomic E-state index is 0.0806. The molecule has 0 aliphatic heterocycles. The molecule has 0 aromatic heterocycles. The molecule has 90 valence electrons. The van der Waals surface area contributed by atoms with Gasteiger partial charge in [-0.1, -0.05) is 29.0 Å². The van der Waals surface area contributed by atoms with Crippen molar-refractivity contribution < 1.29 is 23.6 Å². The van der Waals surface area contributed by atoms with E-state index in [2.05, 4.69) is 0 Å². The minimum Gasteiger partial charge on any atom is -0.871 e. The van der Waals surface area contributed by atoms with Crippen molar-refractivity contribution in [1.29, 1.82) is 0 Å². The van der Waals surface area contributed by atoms with Gasteiger partial charge in [0.25, 0.3) is 0 Å². The van der Waals surface area contributed by atoms with E-state index in [0.717, 1.165) is 5.32 Å². The number of quaternary nitrogens is 1. The van der Waals surface area contributed by atoms with Crippen LogP contribution in [-0.4, -0.2) is 12.7 Å². The van der Waals surface area contributed by atoms with Crippen LogP contribution in [0.1, 0.15) is 5.56 Å². The molecule has 0 amide bonds. The molecule has 0 bridgehead atoms. The first-order chi connectivity index (χ1) is 7.29. The Labute approximate surface area is 100.0 Å². The van der Waals surface area contributed by atoms with E-state index in [1.807, 2.05) is 0 Å². The molecule has 0 aliphatic rings. The first-order valence-corrected chi connectivity index (χ1v) is 5.08. The number of rotatable bonds is 3. The second kappa shape index (κ2) is 5.12. The van der Waals surface area contributed by atoms with Crippen LogP contribution in [0.5, 0.6) is 5.75 Å². The van der Waals surface area contributed by atoms with Gasteiger partial charge in [0.1, 0.15) is 6.54 Å². The van der Waals surface area contributed by atoms with Gasteiger partial charge < -0.3 is 10.4 Å². The third-order valence-corrected chi connectivity index (χ3v) is 2.32. The Balaban J connectivity index is 2.67. The van der Waals surface area contributed by atoms with E-state index in [9.17, 15) is 18.3 Å². The van der Waals surface area contributed by atoms with Crippen molar-refractivity contribution in [2.75, 3.05) is 6.54 Å². The molecule has 0 atom stereocenters. The van der Waals surface area contributed by atoms with Gasteiger partial charge in [0.05, 0.1) is 0 Å². The average molecular weight is 274 g/mol. The van der Waals surface area contributed by atoms with Crippen molar-refractivity contribution in [3.8, 4) is 5.75 Å². The number of hydrogen-bond donors (Lipinski definition) is 1. The second-order valence-electron chi connectivity index (χ2n) is 3.19. The van der Waals surface area contributed by atoms with Crippen LogP contribution in [0, 0.1) is 0 Å². The quantitative estimate of drug-likeness (QED) is 0.895. The second-order valence-corrected chi connectivity index (χ2v) is 4.03. The van der Waals surface area contributed by atoms with Crippen LogP contribution in [0.2, 0.25) is 10.0 Å². The molecular weight excluding hydrogens is 266 g/mol. The van der Waals surface area contributed by atoms with Crippen LogP contribution >= 0.6 is 23.2 Å². The third kappa shape index (κ3) is 4.08. The van der Waals surface area contributed by atoms with Crippen molar-refractivity contribution in [3.05, 3.63) is 27.7 Å². The van der Waals surface area contributed by atoms with E-state index in [-0.39, 0.29) is 22.2 Å². The van der Waals surface area contributed by atoms with Crippen molar-refractivity contribution in [1.82, 2.24) is 0 Å². The van der Waals surface area contributed by atoms with E-state index < -0.39 is 18.5 Å². The Morgan fingerprint density at radius 3 is 2.44 bits per heavy atom. The first-order valence-electron chi connectivity index (χ1n) is 4.33. The summed E-state index contributed by atoms with van der Waals surface area (Å²) < 4.78 is 35.6. The maximum absolute atomic E-state index is 11.9. The minimum atomic E-state index is -4.26. The Hall–Kier alpha value is -0.650. The summed E-state index contributed by atoms with van der Waals surface area (Å²) >= 11 is 11.2. The molecule has 1 rings (SSSR count). The fourth-order valence-corrected chi connectivity index (χ4v) is 1.69. The highest BCUT2D eigenvalue weighted by molar-refractivity contribution is 6.35. The highest BCUT2D eigenvalue weighted by atomic mass is 35.5. The van der Waals surface area contributed by atoms with Gasteiger partial charge >= 0.3 is 6.18 Å². The van der Waals surface area contributed by atoms with Gasteiger partial charge in [-0.15, -0.1) is 0 Å². The zero-order valence-corrected chi connectivity index (χ0v) is 9.46. The van der Waals surface area contributed by atoms with Crippen molar-refractivity contribution in [2.45, 2.75) is 12.7 Å². The summed E-state index contributed by atoms with van der Waals surface area (Å²) in [4.78, 5) is 0. The van der Waals surface area contributed by atoms with Crippen LogP contribution in [-0.2, 0) is 6.54 Å². The molecule has 0 saturated carbocycles. The highest BCUT2D eigenvalue weighted by Crippen LogP contribution is 2.28. The van der Waals surface area contributed by atoms with E-state index in [4.69, 9.17) is 23.2 Å². The summed E-state index contributed by atoms with van der Waals surface area (Å²) in [6.07, 6.45) is -4.26. The summed E-state index contributed by atoms with van der Waals surface area (Å²) in [5.41, 5.74) is 0.168. The summed E-state index contributed by atoms with van der Waals surface area (Å²) in [5, 5.41) is 12.5. The van der Waals surface area contributed by atoms with Crippen LogP contribution in [0.25, 0.3) is 0 Å². The topological polar surface area (TPSA) is 39.7 Å². The highest BCUT2D eigenvalue weighted by Gasteiger charge is 2.29. The lowest BCUT2D eigenvalue weighted by molar-refractivity contribution is -0.691. The van der Waals surface area contributed by atoms with Gasteiger partial charge in [-0.3, -0.25) is 0 Å². The molecule has 0 spiro atoms. The lowest BCUT2D eigenvalue weighted by Crippen LogP contribution is -2.85. The zero-order chi connectivity index (χ0) is 12.3. The summed E-state index contributed by atoms with van der Waals surface area (Å²) in [6, 6.07) is 2.58. The van der Waals surface area contributed by atoms with Crippen molar-refractivity contribution in [3.63, 3.8) is 0 Å². The van der Waals surface area contributed by atoms with E-state index >= 15 is 0 Å². The molecule has 2 nitrogen and oxygen atoms in total. The lowest BCUT2D eigenvalue weighted by atomic mass is 10.2. The van der Waals surface area contributed by atoms with E-state index in [0.29, 0.717) is 0 Å². The molecule has 0 saturated heterocycles. The fourth-order valence-electron chi connectivity index (χ4n) is 1.16. The average Bonchev–Trinajstić information content (AvgIpc) is 2.11. The van der Waals surface area contributed by atoms with E-state index in [1.54, 1.807) is 0 Å². The van der Waals surface area contributed by atoms with Gasteiger partial charge in [-0.2, -0.15) is 13.2 Å². The van der Waals surface area contributed by atoms with Gasteiger partial charge in [-0.25, -0.2) is 0 Å². The molecular formula is C9H8Cl2F3NO. The van der Waals surface area contributed by atoms with Gasteiger partial charge in [0, 0.05) is 15.6 Å². The lowest BCUT2D eigenvalue weighted by Gasteiger charge is -2.15. The maximum Gasteiger partial charge on any atom is 0.438 e. The predicted octanol–water partition coefficient (Wildman–Crippen LogP) is 1.69. The van der Waals surface area contributed by atoms with Crippen LogP contribution in [0.4, 0.5) is 13.2 Å². The smallest absolute Gasteiger partial charge is 0.438 e. The molecule has 0 unspecified atom stereocenters. The Bertz CT molecular complexity index is 382. The van der Waals surface area contributed by atoms with Gasteiger partial charge in [-0.05, 0) is 12.1 Å².